The molecule has 0 saturated heterocycles. The Hall–Kier alpha value is -2.67. The Balaban J connectivity index is 1.58. The first-order valence-corrected chi connectivity index (χ1v) is 9.47. The minimum atomic E-state index is -0.714. The molecule has 27 heavy (non-hydrogen) atoms. The molecule has 2 aromatic rings. The SMILES string of the molecule is O=C1NCC(O)Cn2nc(C(=O)N(Cc3ccccc3)CC3CCC3)cc21. The third-order valence-corrected chi connectivity index (χ3v) is 5.32. The lowest BCUT2D eigenvalue weighted by molar-refractivity contribution is 0.0671. The molecule has 1 aliphatic heterocycles. The number of carbonyl (C=O) groups is 2. The fourth-order valence-electron chi connectivity index (χ4n) is 3.58. The zero-order valence-electron chi connectivity index (χ0n) is 15.2. The van der Waals surface area contributed by atoms with Crippen LogP contribution in [0.3, 0.4) is 0 Å². The number of carbonyl (C=O) groups excluding carboxylic acids is 2. The number of β-amino-alcohol motifs (C(OH)–C–C–N with tert-alkyl or cyclic N) is 1. The van der Waals surface area contributed by atoms with E-state index < -0.39 is 6.10 Å². The smallest absolute Gasteiger partial charge is 0.274 e. The van der Waals surface area contributed by atoms with Gasteiger partial charge in [0.2, 0.25) is 0 Å². The second kappa shape index (κ2) is 7.52. The van der Waals surface area contributed by atoms with Crippen molar-refractivity contribution in [1.29, 1.82) is 0 Å². The lowest BCUT2D eigenvalue weighted by Crippen LogP contribution is -2.37. The van der Waals surface area contributed by atoms with Crippen molar-refractivity contribution in [3.8, 4) is 0 Å². The van der Waals surface area contributed by atoms with Crippen LogP contribution in [0.15, 0.2) is 36.4 Å². The van der Waals surface area contributed by atoms with E-state index in [9.17, 15) is 14.7 Å². The van der Waals surface area contributed by atoms with Gasteiger partial charge in [-0.25, -0.2) is 0 Å². The highest BCUT2D eigenvalue weighted by atomic mass is 16.3. The summed E-state index contributed by atoms with van der Waals surface area (Å²) in [6.45, 7) is 1.61. The van der Waals surface area contributed by atoms with Crippen LogP contribution in [0.5, 0.6) is 0 Å². The lowest BCUT2D eigenvalue weighted by Gasteiger charge is -2.32. The first-order valence-electron chi connectivity index (χ1n) is 9.47. The molecule has 1 unspecified atom stereocenters. The predicted octanol–water partition coefficient (Wildman–Crippen LogP) is 1.43. The molecule has 2 aliphatic rings. The third-order valence-electron chi connectivity index (χ3n) is 5.32. The number of hydrogen-bond acceptors (Lipinski definition) is 4. The minimum absolute atomic E-state index is 0.173. The van der Waals surface area contributed by atoms with Crippen LogP contribution in [0.1, 0.15) is 45.8 Å². The van der Waals surface area contributed by atoms with E-state index in [1.165, 1.54) is 17.2 Å². The van der Waals surface area contributed by atoms with Gasteiger partial charge in [0.15, 0.2) is 5.69 Å². The number of aliphatic hydroxyl groups excluding tert-OH is 1. The van der Waals surface area contributed by atoms with Crippen LogP contribution in [0, 0.1) is 5.92 Å². The van der Waals surface area contributed by atoms with Crippen molar-refractivity contribution >= 4 is 11.8 Å². The molecule has 0 radical (unpaired) electrons. The van der Waals surface area contributed by atoms with Gasteiger partial charge in [-0.15, -0.1) is 0 Å². The van der Waals surface area contributed by atoms with Crippen LogP contribution in [-0.2, 0) is 13.1 Å². The molecule has 7 heteroatoms. The maximum atomic E-state index is 13.2. The van der Waals surface area contributed by atoms with Gasteiger partial charge in [0.1, 0.15) is 5.69 Å². The van der Waals surface area contributed by atoms with E-state index in [1.54, 1.807) is 0 Å². The summed E-state index contributed by atoms with van der Waals surface area (Å²) in [6.07, 6.45) is 2.79. The number of nitrogens with zero attached hydrogens (tertiary/aromatic N) is 3. The second-order valence-electron chi connectivity index (χ2n) is 7.43. The van der Waals surface area contributed by atoms with Crippen LogP contribution >= 0.6 is 0 Å². The highest BCUT2D eigenvalue weighted by molar-refractivity contribution is 5.98. The molecule has 1 saturated carbocycles. The van der Waals surface area contributed by atoms with Crippen LogP contribution in [0.2, 0.25) is 0 Å². The van der Waals surface area contributed by atoms with Gasteiger partial charge in [-0.3, -0.25) is 14.3 Å². The Bertz CT molecular complexity index is 829. The maximum absolute atomic E-state index is 13.2. The van der Waals surface area contributed by atoms with E-state index in [0.29, 0.717) is 24.7 Å². The lowest BCUT2D eigenvalue weighted by atomic mass is 9.85. The van der Waals surface area contributed by atoms with Crippen molar-refractivity contribution < 1.29 is 14.7 Å². The fourth-order valence-corrected chi connectivity index (χ4v) is 3.58. The summed E-state index contributed by atoms with van der Waals surface area (Å²) in [5.74, 6) is 0.0449. The second-order valence-corrected chi connectivity index (χ2v) is 7.43. The van der Waals surface area contributed by atoms with Gasteiger partial charge in [-0.1, -0.05) is 36.8 Å². The maximum Gasteiger partial charge on any atom is 0.274 e. The largest absolute Gasteiger partial charge is 0.389 e. The zero-order chi connectivity index (χ0) is 18.8. The normalized spacial score (nSPS) is 19.6. The molecule has 1 aliphatic carbocycles. The molecule has 1 fully saturated rings. The van der Waals surface area contributed by atoms with Crippen LogP contribution in [-0.4, -0.2) is 50.8 Å². The first kappa shape index (κ1) is 17.7. The van der Waals surface area contributed by atoms with Crippen LogP contribution < -0.4 is 5.32 Å². The molecular weight excluding hydrogens is 344 g/mol. The Morgan fingerprint density at radius 1 is 1.30 bits per heavy atom. The van der Waals surface area contributed by atoms with Gasteiger partial charge in [0.25, 0.3) is 11.8 Å². The number of nitrogens with one attached hydrogen (secondary N) is 1. The van der Waals surface area contributed by atoms with Gasteiger partial charge in [0, 0.05) is 25.7 Å². The van der Waals surface area contributed by atoms with Crippen LogP contribution in [0.4, 0.5) is 0 Å². The van der Waals surface area contributed by atoms with Crippen molar-refractivity contribution in [3.05, 3.63) is 53.3 Å². The van der Waals surface area contributed by atoms with E-state index in [2.05, 4.69) is 10.4 Å². The molecule has 4 rings (SSSR count). The van der Waals surface area contributed by atoms with E-state index in [4.69, 9.17) is 0 Å². The van der Waals surface area contributed by atoms with Gasteiger partial charge < -0.3 is 15.3 Å². The summed E-state index contributed by atoms with van der Waals surface area (Å²) in [5.41, 5.74) is 1.64. The number of fused-ring (bicyclic) bond motifs is 1. The molecule has 2 amide bonds. The Kier molecular flexibility index (Phi) is 4.94. The Labute approximate surface area is 158 Å². The summed E-state index contributed by atoms with van der Waals surface area (Å²) in [4.78, 5) is 27.2. The number of aliphatic hydroxyl groups is 1. The predicted molar refractivity (Wildman–Crippen MR) is 99.1 cm³/mol. The van der Waals surface area contributed by atoms with E-state index in [-0.39, 0.29) is 30.6 Å². The Morgan fingerprint density at radius 2 is 2.07 bits per heavy atom. The molecule has 7 nitrogen and oxygen atoms in total. The standard InChI is InChI=1S/C20H24N4O3/c25-16-10-21-19(26)18-9-17(22-24(18)13-16)20(27)23(12-15-7-4-8-15)11-14-5-2-1-3-6-14/h1-3,5-6,9,15-16,25H,4,7-8,10-13H2,(H,21,26). The quantitative estimate of drug-likeness (QED) is 0.836. The number of hydrogen-bond donors (Lipinski definition) is 2. The van der Waals surface area contributed by atoms with Crippen LogP contribution in [0.25, 0.3) is 0 Å². The molecular formula is C20H24N4O3. The number of aromatic nitrogens is 2. The zero-order valence-corrected chi connectivity index (χ0v) is 15.2. The molecule has 2 N–H and O–H groups in total. The van der Waals surface area contributed by atoms with E-state index in [1.807, 2.05) is 35.2 Å². The molecule has 1 aromatic carbocycles. The van der Waals surface area contributed by atoms with Gasteiger partial charge in [0.05, 0.1) is 12.6 Å². The summed E-state index contributed by atoms with van der Waals surface area (Å²) < 4.78 is 1.43. The third kappa shape index (κ3) is 3.88. The van der Waals surface area contributed by atoms with Crippen molar-refractivity contribution in [1.82, 2.24) is 20.0 Å². The number of rotatable bonds is 5. The average Bonchev–Trinajstić information content (AvgIpc) is 3.00. The molecule has 142 valence electrons. The fraction of sp³-hybridized carbons (Fsp3) is 0.450. The molecule has 1 atom stereocenters. The highest BCUT2D eigenvalue weighted by Gasteiger charge is 2.29. The average molecular weight is 368 g/mol. The van der Waals surface area contributed by atoms with Crippen molar-refractivity contribution in [3.63, 3.8) is 0 Å². The van der Waals surface area contributed by atoms with Gasteiger partial charge in [-0.05, 0) is 24.3 Å². The molecule has 0 spiro atoms. The van der Waals surface area contributed by atoms with Gasteiger partial charge in [-0.2, -0.15) is 5.10 Å². The summed E-state index contributed by atoms with van der Waals surface area (Å²) in [5, 5.41) is 16.9. The Morgan fingerprint density at radius 3 is 2.78 bits per heavy atom. The minimum Gasteiger partial charge on any atom is -0.389 e. The summed E-state index contributed by atoms with van der Waals surface area (Å²) >= 11 is 0. The molecule has 2 heterocycles. The molecule has 1 aromatic heterocycles. The monoisotopic (exact) mass is 368 g/mol. The van der Waals surface area contributed by atoms with Gasteiger partial charge >= 0.3 is 0 Å². The summed E-state index contributed by atoms with van der Waals surface area (Å²) in [6, 6.07) is 11.4. The van der Waals surface area contributed by atoms with Crippen molar-refractivity contribution in [2.75, 3.05) is 13.1 Å². The van der Waals surface area contributed by atoms with Crippen molar-refractivity contribution in [2.45, 2.75) is 38.5 Å². The number of benzene rings is 1. The topological polar surface area (TPSA) is 87.5 Å². The van der Waals surface area contributed by atoms with E-state index >= 15 is 0 Å². The number of amides is 2. The molecule has 0 bridgehead atoms. The van der Waals surface area contributed by atoms with E-state index in [0.717, 1.165) is 18.4 Å². The highest BCUT2D eigenvalue weighted by Crippen LogP contribution is 2.28. The first-order chi connectivity index (χ1) is 13.1. The van der Waals surface area contributed by atoms with Crippen molar-refractivity contribution in [2.24, 2.45) is 5.92 Å². The summed E-state index contributed by atoms with van der Waals surface area (Å²) in [7, 11) is 0.